The van der Waals surface area contributed by atoms with Crippen LogP contribution in [0.5, 0.6) is 0 Å². The molecule has 0 aliphatic heterocycles. The molecule has 0 spiro atoms. The minimum Gasteiger partial charge on any atom is -0.476 e. The number of fused-ring (bicyclic) bond motifs is 1. The molecular formula is C17H17ClN4O2. The van der Waals surface area contributed by atoms with Gasteiger partial charge < -0.3 is 5.11 Å². The highest BCUT2D eigenvalue weighted by molar-refractivity contribution is 6.31. The maximum Gasteiger partial charge on any atom is 0.356 e. The van der Waals surface area contributed by atoms with E-state index in [0.29, 0.717) is 11.6 Å². The van der Waals surface area contributed by atoms with Gasteiger partial charge in [-0.05, 0) is 44.0 Å². The highest BCUT2D eigenvalue weighted by Crippen LogP contribution is 2.47. The van der Waals surface area contributed by atoms with Crippen LogP contribution in [0.1, 0.15) is 47.3 Å². The second kappa shape index (κ2) is 5.08. The van der Waals surface area contributed by atoms with E-state index < -0.39 is 5.97 Å². The van der Waals surface area contributed by atoms with Crippen molar-refractivity contribution in [1.29, 1.82) is 0 Å². The molecule has 3 heterocycles. The minimum atomic E-state index is -1.03. The Balaban J connectivity index is 1.78. The summed E-state index contributed by atoms with van der Waals surface area (Å²) in [5, 5.41) is 18.6. The Hall–Kier alpha value is -2.34. The molecule has 0 saturated heterocycles. The molecule has 7 heteroatoms. The summed E-state index contributed by atoms with van der Waals surface area (Å²) < 4.78 is 3.54. The lowest BCUT2D eigenvalue weighted by molar-refractivity contribution is 0.0689. The van der Waals surface area contributed by atoms with Gasteiger partial charge >= 0.3 is 5.97 Å². The van der Waals surface area contributed by atoms with Crippen LogP contribution in [0.3, 0.4) is 0 Å². The van der Waals surface area contributed by atoms with Crippen LogP contribution in [0.15, 0.2) is 24.3 Å². The van der Waals surface area contributed by atoms with Gasteiger partial charge in [-0.15, -0.1) is 0 Å². The van der Waals surface area contributed by atoms with Crippen LogP contribution >= 0.6 is 11.6 Å². The molecule has 24 heavy (non-hydrogen) atoms. The van der Waals surface area contributed by atoms with Crippen LogP contribution in [0.4, 0.5) is 0 Å². The third kappa shape index (κ3) is 2.47. The second-order valence-electron chi connectivity index (χ2n) is 6.73. The Morgan fingerprint density at radius 1 is 1.29 bits per heavy atom. The fraction of sp³-hybridized carbons (Fsp3) is 0.353. The van der Waals surface area contributed by atoms with Gasteiger partial charge in [0.2, 0.25) is 0 Å². The van der Waals surface area contributed by atoms with E-state index in [0.717, 1.165) is 35.4 Å². The van der Waals surface area contributed by atoms with Gasteiger partial charge in [0.15, 0.2) is 5.69 Å². The highest BCUT2D eigenvalue weighted by Gasteiger charge is 2.41. The van der Waals surface area contributed by atoms with Gasteiger partial charge in [0, 0.05) is 16.1 Å². The van der Waals surface area contributed by atoms with Gasteiger partial charge in [-0.3, -0.25) is 4.68 Å². The van der Waals surface area contributed by atoms with Crippen LogP contribution in [0.25, 0.3) is 5.52 Å². The van der Waals surface area contributed by atoms with Gasteiger partial charge in [0.1, 0.15) is 0 Å². The summed E-state index contributed by atoms with van der Waals surface area (Å²) in [6, 6.07) is 7.39. The molecule has 1 N–H and O–H groups in total. The van der Waals surface area contributed by atoms with Crippen LogP contribution in [0.2, 0.25) is 5.02 Å². The average Bonchev–Trinajstić information content (AvgIpc) is 2.94. The van der Waals surface area contributed by atoms with Gasteiger partial charge in [0.05, 0.1) is 23.4 Å². The number of halogens is 1. The number of carboxylic acid groups (broad SMARTS) is 1. The quantitative estimate of drug-likeness (QED) is 0.788. The Kier molecular flexibility index (Phi) is 3.22. The van der Waals surface area contributed by atoms with Crippen molar-refractivity contribution in [3.8, 4) is 0 Å². The predicted octanol–water partition coefficient (Wildman–Crippen LogP) is 3.29. The third-order valence-corrected chi connectivity index (χ3v) is 4.95. The molecule has 1 fully saturated rings. The number of aryl methyl sites for hydroxylation is 1. The number of aromatic nitrogens is 4. The summed E-state index contributed by atoms with van der Waals surface area (Å²) in [7, 11) is 0. The lowest BCUT2D eigenvalue weighted by atomic mass is 10.1. The summed E-state index contributed by atoms with van der Waals surface area (Å²) in [5.41, 5.74) is 3.89. The number of hydrogen-bond acceptors (Lipinski definition) is 3. The number of aromatic carboxylic acids is 1. The van der Waals surface area contributed by atoms with Crippen molar-refractivity contribution in [2.45, 2.75) is 38.6 Å². The van der Waals surface area contributed by atoms with Crippen LogP contribution in [0, 0.1) is 6.92 Å². The zero-order valence-corrected chi connectivity index (χ0v) is 14.2. The summed E-state index contributed by atoms with van der Waals surface area (Å²) in [6.07, 6.45) is 2.31. The first-order valence-electron chi connectivity index (χ1n) is 7.82. The van der Waals surface area contributed by atoms with Crippen LogP contribution in [-0.2, 0) is 12.0 Å². The fourth-order valence-corrected chi connectivity index (χ4v) is 3.15. The molecule has 1 aliphatic carbocycles. The Labute approximate surface area is 143 Å². The summed E-state index contributed by atoms with van der Waals surface area (Å²) in [6.45, 7) is 4.46. The highest BCUT2D eigenvalue weighted by atomic mass is 35.5. The van der Waals surface area contributed by atoms with Crippen LogP contribution < -0.4 is 0 Å². The molecule has 0 radical (unpaired) electrons. The molecule has 0 atom stereocenters. The molecule has 0 bridgehead atoms. The molecule has 0 unspecified atom stereocenters. The van der Waals surface area contributed by atoms with Crippen molar-refractivity contribution in [2.75, 3.05) is 0 Å². The van der Waals surface area contributed by atoms with Crippen LogP contribution in [-0.4, -0.2) is 30.5 Å². The Bertz CT molecular complexity index is 969. The molecule has 0 amide bonds. The van der Waals surface area contributed by atoms with E-state index in [1.807, 2.05) is 23.6 Å². The molecule has 124 valence electrons. The lowest BCUT2D eigenvalue weighted by Crippen LogP contribution is -2.10. The number of carbonyl (C=O) groups is 1. The van der Waals surface area contributed by atoms with Crippen molar-refractivity contribution < 1.29 is 9.90 Å². The first-order chi connectivity index (χ1) is 11.4. The van der Waals surface area contributed by atoms with Gasteiger partial charge in [-0.1, -0.05) is 18.5 Å². The zero-order chi connectivity index (χ0) is 17.1. The van der Waals surface area contributed by atoms with Gasteiger partial charge in [-0.2, -0.15) is 10.2 Å². The van der Waals surface area contributed by atoms with Gasteiger partial charge in [-0.25, -0.2) is 9.31 Å². The molecule has 1 aliphatic rings. The second-order valence-corrected chi connectivity index (χ2v) is 7.16. The summed E-state index contributed by atoms with van der Waals surface area (Å²) >= 11 is 6.26. The zero-order valence-electron chi connectivity index (χ0n) is 13.5. The average molecular weight is 345 g/mol. The molecule has 3 aromatic rings. The van der Waals surface area contributed by atoms with E-state index in [9.17, 15) is 4.79 Å². The van der Waals surface area contributed by atoms with E-state index in [2.05, 4.69) is 18.1 Å². The first-order valence-corrected chi connectivity index (χ1v) is 8.20. The van der Waals surface area contributed by atoms with Crippen molar-refractivity contribution in [2.24, 2.45) is 0 Å². The van der Waals surface area contributed by atoms with Gasteiger partial charge in [0.25, 0.3) is 0 Å². The van der Waals surface area contributed by atoms with E-state index in [1.165, 1.54) is 0 Å². The Morgan fingerprint density at radius 2 is 2.04 bits per heavy atom. The van der Waals surface area contributed by atoms with Crippen molar-refractivity contribution >= 4 is 23.1 Å². The van der Waals surface area contributed by atoms with Crippen molar-refractivity contribution in [1.82, 2.24) is 19.4 Å². The maximum atomic E-state index is 11.1. The lowest BCUT2D eigenvalue weighted by Gasteiger charge is -2.08. The standard InChI is InChI=1S/C17H17ClN4O2/c1-10-5-14(16(23)24)19-21(10)9-13-7-11(18)6-12-8-15(20-22(12)13)17(2)3-4-17/h5-8H,3-4,9H2,1-2H3,(H,23,24). The fourth-order valence-electron chi connectivity index (χ4n) is 2.91. The number of rotatable bonds is 4. The largest absolute Gasteiger partial charge is 0.476 e. The number of carboxylic acids is 1. The molecule has 6 nitrogen and oxygen atoms in total. The van der Waals surface area contributed by atoms with Crippen molar-refractivity contribution in [3.63, 3.8) is 0 Å². The van der Waals surface area contributed by atoms with E-state index in [4.69, 9.17) is 21.8 Å². The molecule has 3 aromatic heterocycles. The first kappa shape index (κ1) is 15.2. The number of pyridine rings is 1. The van der Waals surface area contributed by atoms with E-state index >= 15 is 0 Å². The molecular weight excluding hydrogens is 328 g/mol. The van der Waals surface area contributed by atoms with E-state index in [1.54, 1.807) is 10.7 Å². The normalized spacial score (nSPS) is 15.8. The maximum absolute atomic E-state index is 11.1. The number of nitrogens with zero attached hydrogens (tertiary/aromatic N) is 4. The summed E-state index contributed by atoms with van der Waals surface area (Å²) in [4.78, 5) is 11.1. The van der Waals surface area contributed by atoms with E-state index in [-0.39, 0.29) is 11.1 Å². The SMILES string of the molecule is Cc1cc(C(=O)O)nn1Cc1cc(Cl)cc2cc(C3(C)CC3)nn12. The number of hydrogen-bond donors (Lipinski definition) is 1. The third-order valence-electron chi connectivity index (χ3n) is 4.73. The molecule has 0 aromatic carbocycles. The molecule has 1 saturated carbocycles. The Morgan fingerprint density at radius 3 is 2.67 bits per heavy atom. The smallest absolute Gasteiger partial charge is 0.356 e. The summed E-state index contributed by atoms with van der Waals surface area (Å²) in [5.74, 6) is -1.03. The predicted molar refractivity (Wildman–Crippen MR) is 89.8 cm³/mol. The van der Waals surface area contributed by atoms with Crippen molar-refractivity contribution in [3.05, 3.63) is 52.1 Å². The monoisotopic (exact) mass is 344 g/mol. The molecule has 4 rings (SSSR count). The minimum absolute atomic E-state index is 0.0393. The topological polar surface area (TPSA) is 72.4 Å².